The van der Waals surface area contributed by atoms with Crippen molar-refractivity contribution in [3.05, 3.63) is 72.4 Å². The largest absolute Gasteiger partial charge is 0.451 e. The number of rotatable bonds is 4. The predicted molar refractivity (Wildman–Crippen MR) is 93.8 cm³/mol. The summed E-state index contributed by atoms with van der Waals surface area (Å²) in [7, 11) is 1.85. The van der Waals surface area contributed by atoms with Gasteiger partial charge < -0.3 is 9.73 Å². The highest BCUT2D eigenvalue weighted by Gasteiger charge is 2.13. The van der Waals surface area contributed by atoms with Gasteiger partial charge in [0.15, 0.2) is 5.76 Å². The van der Waals surface area contributed by atoms with Crippen LogP contribution in [0.15, 0.2) is 65.3 Å². The average Bonchev–Trinajstić information content (AvgIpc) is 3.24. The van der Waals surface area contributed by atoms with Crippen LogP contribution < -0.4 is 5.32 Å². The van der Waals surface area contributed by atoms with E-state index in [1.165, 1.54) is 0 Å². The number of nitrogens with one attached hydrogen (secondary N) is 1. The van der Waals surface area contributed by atoms with Crippen LogP contribution in [0.4, 0.5) is 0 Å². The molecule has 1 aromatic carbocycles. The Morgan fingerprint density at radius 3 is 2.76 bits per heavy atom. The molecule has 25 heavy (non-hydrogen) atoms. The summed E-state index contributed by atoms with van der Waals surface area (Å²) in [6.07, 6.45) is 3.46. The lowest BCUT2D eigenvalue weighted by Gasteiger charge is -2.03. The number of carbonyl (C=O) groups excluding carboxylic acids is 1. The molecule has 0 atom stereocenters. The van der Waals surface area contributed by atoms with Crippen LogP contribution in [0.5, 0.6) is 0 Å². The molecule has 0 aliphatic rings. The molecule has 0 spiro atoms. The minimum absolute atomic E-state index is 0.247. The van der Waals surface area contributed by atoms with E-state index in [1.54, 1.807) is 23.1 Å². The highest BCUT2D eigenvalue weighted by Crippen LogP contribution is 2.20. The fourth-order valence-electron chi connectivity index (χ4n) is 2.69. The zero-order valence-electron chi connectivity index (χ0n) is 13.6. The maximum absolute atomic E-state index is 12.3. The minimum atomic E-state index is -0.247. The van der Waals surface area contributed by atoms with Crippen molar-refractivity contribution in [2.24, 2.45) is 7.05 Å². The summed E-state index contributed by atoms with van der Waals surface area (Å²) in [5, 5.41) is 8.27. The van der Waals surface area contributed by atoms with E-state index < -0.39 is 0 Å². The molecule has 0 aliphatic carbocycles. The van der Waals surface area contributed by atoms with Gasteiger partial charge in [0, 0.05) is 30.4 Å². The minimum Gasteiger partial charge on any atom is -0.451 e. The van der Waals surface area contributed by atoms with Crippen molar-refractivity contribution in [1.29, 1.82) is 0 Å². The lowest BCUT2D eigenvalue weighted by atomic mass is 10.2. The lowest BCUT2D eigenvalue weighted by Crippen LogP contribution is -2.23. The number of para-hydroxylation sites is 1. The van der Waals surface area contributed by atoms with Gasteiger partial charge in [0.1, 0.15) is 5.58 Å². The summed E-state index contributed by atoms with van der Waals surface area (Å²) >= 11 is 0. The Labute approximate surface area is 144 Å². The van der Waals surface area contributed by atoms with Crippen LogP contribution in [0.3, 0.4) is 0 Å². The first-order valence-corrected chi connectivity index (χ1v) is 7.91. The zero-order chi connectivity index (χ0) is 17.2. The quantitative estimate of drug-likeness (QED) is 0.623. The lowest BCUT2D eigenvalue weighted by molar-refractivity contribution is 0.0924. The van der Waals surface area contributed by atoms with Crippen LogP contribution in [-0.4, -0.2) is 20.7 Å². The monoisotopic (exact) mass is 332 g/mol. The molecule has 1 N–H and O–H groups in total. The first-order chi connectivity index (χ1) is 12.2. The van der Waals surface area contributed by atoms with Crippen molar-refractivity contribution in [2.75, 3.05) is 0 Å². The molecular weight excluding hydrogens is 316 g/mol. The number of aromatic nitrogens is 3. The first kappa shape index (κ1) is 15.1. The summed E-state index contributed by atoms with van der Waals surface area (Å²) in [4.78, 5) is 16.3. The van der Waals surface area contributed by atoms with E-state index in [9.17, 15) is 4.79 Å². The standard InChI is InChI=1S/C19H16N4O2/c1-23-15(11-16(22-23)13-6-8-20-9-7-13)12-21-19(24)18-10-14-4-2-3-5-17(14)25-18/h2-11H,12H2,1H3,(H,21,24). The van der Waals surface area contributed by atoms with E-state index in [4.69, 9.17) is 4.42 Å². The molecule has 0 aliphatic heterocycles. The Bertz CT molecular complexity index is 1000. The van der Waals surface area contributed by atoms with Crippen LogP contribution in [-0.2, 0) is 13.6 Å². The third kappa shape index (κ3) is 3.01. The zero-order valence-corrected chi connectivity index (χ0v) is 13.6. The van der Waals surface area contributed by atoms with E-state index in [0.29, 0.717) is 17.9 Å². The molecule has 1 amide bonds. The fourth-order valence-corrected chi connectivity index (χ4v) is 2.69. The predicted octanol–water partition coefficient (Wildman–Crippen LogP) is 3.16. The van der Waals surface area contributed by atoms with Crippen LogP contribution in [0, 0.1) is 0 Å². The van der Waals surface area contributed by atoms with Crippen LogP contribution in [0.2, 0.25) is 0 Å². The molecule has 0 bridgehead atoms. The van der Waals surface area contributed by atoms with Crippen molar-refractivity contribution in [2.45, 2.75) is 6.54 Å². The average molecular weight is 332 g/mol. The summed E-state index contributed by atoms with van der Waals surface area (Å²) in [6, 6.07) is 15.0. The highest BCUT2D eigenvalue weighted by molar-refractivity contribution is 5.96. The van der Waals surface area contributed by atoms with Gasteiger partial charge in [0.25, 0.3) is 5.91 Å². The van der Waals surface area contributed by atoms with E-state index in [-0.39, 0.29) is 5.91 Å². The van der Waals surface area contributed by atoms with Crippen molar-refractivity contribution in [3.63, 3.8) is 0 Å². The van der Waals surface area contributed by atoms with Gasteiger partial charge in [-0.1, -0.05) is 18.2 Å². The number of aryl methyl sites for hydroxylation is 1. The summed E-state index contributed by atoms with van der Waals surface area (Å²) in [5.74, 6) is 0.0561. The van der Waals surface area contributed by atoms with Crippen LogP contribution in [0.1, 0.15) is 16.2 Å². The van der Waals surface area contributed by atoms with Crippen molar-refractivity contribution in [3.8, 4) is 11.3 Å². The van der Waals surface area contributed by atoms with Gasteiger partial charge in [-0.25, -0.2) is 0 Å². The number of fused-ring (bicyclic) bond motifs is 1. The van der Waals surface area contributed by atoms with Gasteiger partial charge in [0.2, 0.25) is 0 Å². The number of benzene rings is 1. The summed E-state index contributed by atoms with van der Waals surface area (Å²) in [5.41, 5.74) is 3.43. The van der Waals surface area contributed by atoms with Gasteiger partial charge in [-0.2, -0.15) is 5.10 Å². The maximum Gasteiger partial charge on any atom is 0.287 e. The Morgan fingerprint density at radius 2 is 1.96 bits per heavy atom. The number of furan rings is 1. The van der Waals surface area contributed by atoms with Crippen LogP contribution in [0.25, 0.3) is 22.2 Å². The topological polar surface area (TPSA) is 73.0 Å². The second kappa shape index (κ2) is 6.24. The second-order valence-electron chi connectivity index (χ2n) is 5.71. The van der Waals surface area contributed by atoms with E-state index in [0.717, 1.165) is 22.3 Å². The molecule has 124 valence electrons. The number of carbonyl (C=O) groups is 1. The maximum atomic E-state index is 12.3. The second-order valence-corrected chi connectivity index (χ2v) is 5.71. The molecule has 4 aromatic rings. The molecular formula is C19H16N4O2. The normalized spacial score (nSPS) is 10.9. The number of amides is 1. The first-order valence-electron chi connectivity index (χ1n) is 7.91. The number of hydrogen-bond donors (Lipinski definition) is 1. The fraction of sp³-hybridized carbons (Fsp3) is 0.105. The third-order valence-corrected chi connectivity index (χ3v) is 4.03. The molecule has 0 saturated carbocycles. The molecule has 3 aromatic heterocycles. The SMILES string of the molecule is Cn1nc(-c2ccncc2)cc1CNC(=O)c1cc2ccccc2o1. The van der Waals surface area contributed by atoms with Crippen molar-refractivity contribution < 1.29 is 9.21 Å². The molecule has 0 radical (unpaired) electrons. The Kier molecular flexibility index (Phi) is 3.78. The molecule has 6 nitrogen and oxygen atoms in total. The van der Waals surface area contributed by atoms with E-state index in [2.05, 4.69) is 15.4 Å². The van der Waals surface area contributed by atoms with Crippen LogP contribution >= 0.6 is 0 Å². The Morgan fingerprint density at radius 1 is 1.16 bits per heavy atom. The van der Waals surface area contributed by atoms with E-state index in [1.807, 2.05) is 49.5 Å². The molecule has 0 fully saturated rings. The molecule has 0 saturated heterocycles. The Balaban J connectivity index is 1.49. The molecule has 6 heteroatoms. The van der Waals surface area contributed by atoms with Gasteiger partial charge in [-0.3, -0.25) is 14.5 Å². The van der Waals surface area contributed by atoms with Crippen molar-refractivity contribution in [1.82, 2.24) is 20.1 Å². The van der Waals surface area contributed by atoms with Gasteiger partial charge >= 0.3 is 0 Å². The number of hydrogen-bond acceptors (Lipinski definition) is 4. The molecule has 3 heterocycles. The summed E-state index contributed by atoms with van der Waals surface area (Å²) in [6.45, 7) is 0.366. The van der Waals surface area contributed by atoms with Gasteiger partial charge in [-0.15, -0.1) is 0 Å². The number of pyridine rings is 1. The smallest absolute Gasteiger partial charge is 0.287 e. The molecule has 4 rings (SSSR count). The van der Waals surface area contributed by atoms with Gasteiger partial charge in [-0.05, 0) is 30.3 Å². The Hall–Kier alpha value is -3.41. The van der Waals surface area contributed by atoms with E-state index >= 15 is 0 Å². The summed E-state index contributed by atoms with van der Waals surface area (Å²) < 4.78 is 7.34. The highest BCUT2D eigenvalue weighted by atomic mass is 16.3. The van der Waals surface area contributed by atoms with Gasteiger partial charge in [0.05, 0.1) is 17.9 Å². The molecule has 0 unspecified atom stereocenters. The van der Waals surface area contributed by atoms with Crippen molar-refractivity contribution >= 4 is 16.9 Å². The number of nitrogens with zero attached hydrogens (tertiary/aromatic N) is 3. The third-order valence-electron chi connectivity index (χ3n) is 4.03.